The predicted molar refractivity (Wildman–Crippen MR) is 52.5 cm³/mol. The van der Waals surface area contributed by atoms with Crippen LogP contribution in [0.5, 0.6) is 0 Å². The molecule has 0 fully saturated rings. The van der Waals surface area contributed by atoms with Crippen molar-refractivity contribution in [3.8, 4) is 0 Å². The predicted octanol–water partition coefficient (Wildman–Crippen LogP) is 3.89. The van der Waals surface area contributed by atoms with Crippen molar-refractivity contribution in [2.45, 2.75) is 20.8 Å². The Morgan fingerprint density at radius 1 is 1.33 bits per heavy atom. The first-order valence-electron chi connectivity index (χ1n) is 4.11. The molecule has 1 aromatic carbocycles. The highest BCUT2D eigenvalue weighted by Crippen LogP contribution is 2.11. The number of allylic oxidation sites excluding steroid dienone is 1. The molecule has 12 heavy (non-hydrogen) atoms. The maximum Gasteiger partial charge on any atom is 0.123 e. The van der Waals surface area contributed by atoms with Crippen LogP contribution in [0, 0.1) is 5.82 Å². The molecule has 0 radical (unpaired) electrons. The zero-order chi connectivity index (χ0) is 9.56. The zero-order valence-electron chi connectivity index (χ0n) is 7.89. The Morgan fingerprint density at radius 3 is 2.25 bits per heavy atom. The summed E-state index contributed by atoms with van der Waals surface area (Å²) in [4.78, 5) is 0. The lowest BCUT2D eigenvalue weighted by Crippen LogP contribution is -1.78. The second-order valence-corrected chi connectivity index (χ2v) is 2.29. The van der Waals surface area contributed by atoms with Crippen LogP contribution in [-0.4, -0.2) is 0 Å². The summed E-state index contributed by atoms with van der Waals surface area (Å²) in [6.45, 7) is 9.56. The smallest absolute Gasteiger partial charge is 0.123 e. The molecule has 0 aliphatic heterocycles. The Kier molecular flexibility index (Phi) is 5.02. The van der Waals surface area contributed by atoms with Crippen molar-refractivity contribution in [2.24, 2.45) is 0 Å². The Morgan fingerprint density at radius 2 is 1.92 bits per heavy atom. The normalized spacial score (nSPS) is 8.33. The molecule has 0 bridgehead atoms. The van der Waals surface area contributed by atoms with E-state index in [0.29, 0.717) is 0 Å². The topological polar surface area (TPSA) is 0 Å². The summed E-state index contributed by atoms with van der Waals surface area (Å²) in [5.41, 5.74) is 1.75. The van der Waals surface area contributed by atoms with Gasteiger partial charge in [-0.15, -0.1) is 0 Å². The maximum absolute atomic E-state index is 12.5. The highest BCUT2D eigenvalue weighted by Gasteiger charge is 1.92. The van der Waals surface area contributed by atoms with E-state index in [0.717, 1.165) is 11.1 Å². The quantitative estimate of drug-likeness (QED) is 0.593. The molecule has 0 N–H and O–H groups in total. The molecule has 0 heterocycles. The molecule has 0 aliphatic carbocycles. The van der Waals surface area contributed by atoms with E-state index in [1.165, 1.54) is 12.1 Å². The molecule has 0 amide bonds. The van der Waals surface area contributed by atoms with E-state index in [9.17, 15) is 4.39 Å². The van der Waals surface area contributed by atoms with Crippen molar-refractivity contribution in [1.29, 1.82) is 0 Å². The largest absolute Gasteiger partial charge is 0.207 e. The third kappa shape index (κ3) is 3.33. The Bertz CT molecular complexity index is 251. The van der Waals surface area contributed by atoms with Crippen molar-refractivity contribution in [1.82, 2.24) is 0 Å². The van der Waals surface area contributed by atoms with Gasteiger partial charge in [0.05, 0.1) is 0 Å². The van der Waals surface area contributed by atoms with Crippen LogP contribution in [0.3, 0.4) is 0 Å². The van der Waals surface area contributed by atoms with E-state index < -0.39 is 0 Å². The van der Waals surface area contributed by atoms with E-state index in [-0.39, 0.29) is 5.82 Å². The molecule has 0 saturated carbocycles. The maximum atomic E-state index is 12.5. The van der Waals surface area contributed by atoms with Crippen LogP contribution in [0.25, 0.3) is 5.57 Å². The summed E-state index contributed by atoms with van der Waals surface area (Å²) in [7, 11) is 0. The molecule has 0 atom stereocenters. The third-order valence-electron chi connectivity index (χ3n) is 1.32. The summed E-state index contributed by atoms with van der Waals surface area (Å²) in [5, 5.41) is 0. The lowest BCUT2D eigenvalue weighted by atomic mass is 10.1. The van der Waals surface area contributed by atoms with Gasteiger partial charge in [-0.05, 0) is 24.6 Å². The summed E-state index contributed by atoms with van der Waals surface area (Å²) in [5.74, 6) is -0.208. The molecule has 0 nitrogen and oxygen atoms in total. The van der Waals surface area contributed by atoms with Crippen molar-refractivity contribution in [3.63, 3.8) is 0 Å². The van der Waals surface area contributed by atoms with E-state index in [1.54, 1.807) is 6.07 Å². The van der Waals surface area contributed by atoms with Crippen molar-refractivity contribution in [3.05, 3.63) is 42.2 Å². The third-order valence-corrected chi connectivity index (χ3v) is 1.32. The average molecular weight is 166 g/mol. The van der Waals surface area contributed by atoms with Gasteiger partial charge < -0.3 is 0 Å². The van der Waals surface area contributed by atoms with Gasteiger partial charge in [-0.1, -0.05) is 38.1 Å². The minimum absolute atomic E-state index is 0.208. The lowest BCUT2D eigenvalue weighted by molar-refractivity contribution is 0.627. The molecule has 1 heteroatoms. The monoisotopic (exact) mass is 166 g/mol. The first-order valence-corrected chi connectivity index (χ1v) is 4.11. The SMILES string of the molecule is C=C(C)c1cccc(F)c1.CC. The molecule has 0 saturated heterocycles. The fraction of sp³-hybridized carbons (Fsp3) is 0.273. The van der Waals surface area contributed by atoms with Gasteiger partial charge in [0, 0.05) is 0 Å². The zero-order valence-corrected chi connectivity index (χ0v) is 7.89. The second-order valence-electron chi connectivity index (χ2n) is 2.29. The van der Waals surface area contributed by atoms with Crippen molar-refractivity contribution >= 4 is 5.57 Å². The molecule has 0 aliphatic rings. The molecule has 0 unspecified atom stereocenters. The minimum Gasteiger partial charge on any atom is -0.207 e. The number of rotatable bonds is 1. The molecular formula is C11H15F. The molecule has 1 aromatic rings. The summed E-state index contributed by atoms with van der Waals surface area (Å²) in [6.07, 6.45) is 0. The van der Waals surface area contributed by atoms with Gasteiger partial charge in [-0.25, -0.2) is 4.39 Å². The van der Waals surface area contributed by atoms with Gasteiger partial charge in [0.2, 0.25) is 0 Å². The summed E-state index contributed by atoms with van der Waals surface area (Å²) < 4.78 is 12.5. The van der Waals surface area contributed by atoms with Crippen LogP contribution in [0.15, 0.2) is 30.8 Å². The highest BCUT2D eigenvalue weighted by molar-refractivity contribution is 5.60. The molecule has 0 spiro atoms. The molecule has 0 aromatic heterocycles. The van der Waals surface area contributed by atoms with Gasteiger partial charge in [-0.2, -0.15) is 0 Å². The number of halogens is 1. The Hall–Kier alpha value is -1.11. The van der Waals surface area contributed by atoms with Crippen molar-refractivity contribution < 1.29 is 4.39 Å². The van der Waals surface area contributed by atoms with E-state index in [2.05, 4.69) is 6.58 Å². The minimum atomic E-state index is -0.208. The second kappa shape index (κ2) is 5.53. The van der Waals surface area contributed by atoms with E-state index >= 15 is 0 Å². The van der Waals surface area contributed by atoms with Crippen LogP contribution in [-0.2, 0) is 0 Å². The summed E-state index contributed by atoms with van der Waals surface area (Å²) in [6, 6.07) is 6.42. The summed E-state index contributed by atoms with van der Waals surface area (Å²) >= 11 is 0. The van der Waals surface area contributed by atoms with E-state index in [1.807, 2.05) is 26.8 Å². The van der Waals surface area contributed by atoms with Crippen molar-refractivity contribution in [2.75, 3.05) is 0 Å². The van der Waals surface area contributed by atoms with Crippen LogP contribution < -0.4 is 0 Å². The van der Waals surface area contributed by atoms with Gasteiger partial charge in [0.25, 0.3) is 0 Å². The van der Waals surface area contributed by atoms with Crippen LogP contribution >= 0.6 is 0 Å². The number of hydrogen-bond acceptors (Lipinski definition) is 0. The molecule has 1 rings (SSSR count). The average Bonchev–Trinajstić information content (AvgIpc) is 2.08. The first kappa shape index (κ1) is 10.9. The Labute approximate surface area is 73.7 Å². The van der Waals surface area contributed by atoms with E-state index in [4.69, 9.17) is 0 Å². The van der Waals surface area contributed by atoms with Gasteiger partial charge in [0.15, 0.2) is 0 Å². The lowest BCUT2D eigenvalue weighted by Gasteiger charge is -1.96. The number of benzene rings is 1. The fourth-order valence-electron chi connectivity index (χ4n) is 0.754. The molecular weight excluding hydrogens is 151 g/mol. The standard InChI is InChI=1S/C9H9F.C2H6/c1-7(2)8-4-3-5-9(10)6-8;1-2/h3-6H,1H2,2H3;1-2H3. The first-order chi connectivity index (χ1) is 5.70. The van der Waals surface area contributed by atoms with Crippen LogP contribution in [0.1, 0.15) is 26.3 Å². The van der Waals surface area contributed by atoms with Crippen LogP contribution in [0.4, 0.5) is 4.39 Å². The Balaban J connectivity index is 0.000000561. The highest BCUT2D eigenvalue weighted by atomic mass is 19.1. The molecule has 66 valence electrons. The van der Waals surface area contributed by atoms with Gasteiger partial charge in [-0.3, -0.25) is 0 Å². The number of hydrogen-bond donors (Lipinski definition) is 0. The van der Waals surface area contributed by atoms with Gasteiger partial charge >= 0.3 is 0 Å². The fourth-order valence-corrected chi connectivity index (χ4v) is 0.754. The van der Waals surface area contributed by atoms with Crippen LogP contribution in [0.2, 0.25) is 0 Å². The van der Waals surface area contributed by atoms with Gasteiger partial charge in [0.1, 0.15) is 5.82 Å².